The van der Waals surface area contributed by atoms with Crippen LogP contribution in [0, 0.1) is 0 Å². The van der Waals surface area contributed by atoms with Crippen molar-refractivity contribution in [2.75, 3.05) is 26.3 Å². The molecular formula is C29H36BrN2O3P. The summed E-state index contributed by atoms with van der Waals surface area (Å²) in [6.45, 7) is 6.17. The highest BCUT2D eigenvalue weighted by atomic mass is 79.9. The van der Waals surface area contributed by atoms with Gasteiger partial charge in [-0.05, 0) is 70.6 Å². The van der Waals surface area contributed by atoms with Crippen LogP contribution < -0.4 is 38.2 Å². The largest absolute Gasteiger partial charge is 1.00 e. The molecule has 0 spiro atoms. The first-order valence-electron chi connectivity index (χ1n) is 12.0. The lowest BCUT2D eigenvalue weighted by Gasteiger charge is -2.28. The SMILES string of the molecule is CN(CCC[P+](c1ccccc1)(c1ccccc1)c1ccccc1)CC(=O)NC(=O)OC(C)(C)C.[Br-]. The highest BCUT2D eigenvalue weighted by Crippen LogP contribution is 2.55. The number of ether oxygens (including phenoxy) is 1. The smallest absolute Gasteiger partial charge is 0.414 e. The Morgan fingerprint density at radius 1 is 0.806 bits per heavy atom. The van der Waals surface area contributed by atoms with Gasteiger partial charge in [0, 0.05) is 6.54 Å². The third-order valence-electron chi connectivity index (χ3n) is 5.68. The number of rotatable bonds is 9. The van der Waals surface area contributed by atoms with Gasteiger partial charge in [-0.3, -0.25) is 15.0 Å². The Bertz CT molecular complexity index is 993. The van der Waals surface area contributed by atoms with Gasteiger partial charge in [0.2, 0.25) is 5.91 Å². The molecule has 1 N–H and O–H groups in total. The van der Waals surface area contributed by atoms with Gasteiger partial charge in [0.1, 0.15) is 28.8 Å². The van der Waals surface area contributed by atoms with Crippen LogP contribution in [0.25, 0.3) is 0 Å². The summed E-state index contributed by atoms with van der Waals surface area (Å²) >= 11 is 0. The van der Waals surface area contributed by atoms with E-state index >= 15 is 0 Å². The topological polar surface area (TPSA) is 58.6 Å². The molecule has 192 valence electrons. The average Bonchev–Trinajstić information content (AvgIpc) is 2.82. The Morgan fingerprint density at radius 3 is 1.61 bits per heavy atom. The Kier molecular flexibility index (Phi) is 11.3. The standard InChI is InChI=1S/C29H35N2O3P.BrH/c1-29(2,3)34-28(33)30-27(32)23-31(4)21-14-22-35(24-15-8-5-9-16-24,25-17-10-6-11-18-25)26-19-12-7-13-20-26;/h5-13,15-20H,14,21-23H2,1-4H3;1H. The Morgan fingerprint density at radius 2 is 1.22 bits per heavy atom. The molecule has 0 aromatic heterocycles. The minimum absolute atomic E-state index is 0. The Balaban J connectivity index is 0.00000456. The van der Waals surface area contributed by atoms with Crippen LogP contribution in [0.2, 0.25) is 0 Å². The minimum atomic E-state index is -1.89. The molecule has 0 unspecified atom stereocenters. The molecule has 0 saturated heterocycles. The van der Waals surface area contributed by atoms with Crippen molar-refractivity contribution in [1.29, 1.82) is 0 Å². The van der Waals surface area contributed by atoms with Crippen LogP contribution in [0.3, 0.4) is 0 Å². The van der Waals surface area contributed by atoms with Crippen molar-refractivity contribution in [3.8, 4) is 0 Å². The van der Waals surface area contributed by atoms with Gasteiger partial charge in [-0.1, -0.05) is 54.6 Å². The number of alkyl carbamates (subject to hydrolysis) is 1. The lowest BCUT2D eigenvalue weighted by molar-refractivity contribution is -0.121. The summed E-state index contributed by atoms with van der Waals surface area (Å²) in [5.74, 6) is -0.364. The molecule has 0 aliphatic carbocycles. The van der Waals surface area contributed by atoms with E-state index in [1.54, 1.807) is 20.8 Å². The van der Waals surface area contributed by atoms with Gasteiger partial charge in [0.25, 0.3) is 0 Å². The summed E-state index contributed by atoms with van der Waals surface area (Å²) in [6.07, 6.45) is 1.17. The number of likely N-dealkylation sites (N-methyl/N-ethyl adjacent to an activating group) is 1. The van der Waals surface area contributed by atoms with Gasteiger partial charge < -0.3 is 21.7 Å². The predicted octanol–water partition coefficient (Wildman–Crippen LogP) is 1.36. The molecule has 0 saturated carbocycles. The number of carbonyl (C=O) groups is 2. The van der Waals surface area contributed by atoms with E-state index in [0.717, 1.165) is 19.1 Å². The summed E-state index contributed by atoms with van der Waals surface area (Å²) < 4.78 is 5.18. The number of nitrogens with one attached hydrogen (secondary N) is 1. The van der Waals surface area contributed by atoms with E-state index < -0.39 is 19.0 Å². The van der Waals surface area contributed by atoms with Crippen LogP contribution in [0.4, 0.5) is 4.79 Å². The van der Waals surface area contributed by atoms with Crippen molar-refractivity contribution >= 4 is 35.2 Å². The van der Waals surface area contributed by atoms with Crippen LogP contribution in [-0.2, 0) is 9.53 Å². The van der Waals surface area contributed by atoms with Gasteiger partial charge in [-0.2, -0.15) is 0 Å². The third-order valence-corrected chi connectivity index (χ3v) is 10.2. The number of amides is 2. The fraction of sp³-hybridized carbons (Fsp3) is 0.310. The molecule has 2 amide bonds. The molecule has 3 rings (SSSR count). The molecule has 0 heterocycles. The summed E-state index contributed by atoms with van der Waals surface area (Å²) in [7, 11) is 0.0139. The fourth-order valence-electron chi connectivity index (χ4n) is 4.24. The van der Waals surface area contributed by atoms with Crippen LogP contribution in [-0.4, -0.2) is 48.8 Å². The minimum Gasteiger partial charge on any atom is -1.00 e. The predicted molar refractivity (Wildman–Crippen MR) is 147 cm³/mol. The summed E-state index contributed by atoms with van der Waals surface area (Å²) in [5.41, 5.74) is -0.643. The number of halogens is 1. The monoisotopic (exact) mass is 570 g/mol. The zero-order valence-corrected chi connectivity index (χ0v) is 24.0. The maximum Gasteiger partial charge on any atom is 0.414 e. The molecule has 7 heteroatoms. The quantitative estimate of drug-likeness (QED) is 0.395. The van der Waals surface area contributed by atoms with Crippen molar-refractivity contribution in [3.05, 3.63) is 91.0 Å². The molecule has 0 atom stereocenters. The molecule has 0 bridgehead atoms. The summed E-state index contributed by atoms with van der Waals surface area (Å²) in [5, 5.41) is 6.37. The highest BCUT2D eigenvalue weighted by Gasteiger charge is 2.44. The zero-order valence-electron chi connectivity index (χ0n) is 21.5. The van der Waals surface area contributed by atoms with Crippen LogP contribution >= 0.6 is 7.26 Å². The van der Waals surface area contributed by atoms with E-state index in [0.29, 0.717) is 0 Å². The zero-order chi connectivity index (χ0) is 25.3. The lowest BCUT2D eigenvalue weighted by Crippen LogP contribution is -3.00. The normalized spacial score (nSPS) is 11.5. The van der Waals surface area contributed by atoms with Gasteiger partial charge in [0.05, 0.1) is 12.7 Å². The first kappa shape index (κ1) is 29.7. The molecular weight excluding hydrogens is 535 g/mol. The van der Waals surface area contributed by atoms with E-state index in [4.69, 9.17) is 4.74 Å². The van der Waals surface area contributed by atoms with Crippen molar-refractivity contribution in [3.63, 3.8) is 0 Å². The van der Waals surface area contributed by atoms with Gasteiger partial charge in [0.15, 0.2) is 0 Å². The number of benzene rings is 3. The van der Waals surface area contributed by atoms with Crippen molar-refractivity contribution in [1.82, 2.24) is 10.2 Å². The van der Waals surface area contributed by atoms with Gasteiger partial charge in [-0.25, -0.2) is 4.79 Å². The fourth-order valence-corrected chi connectivity index (χ4v) is 8.57. The van der Waals surface area contributed by atoms with E-state index in [9.17, 15) is 9.59 Å². The van der Waals surface area contributed by atoms with Crippen molar-refractivity contribution in [2.24, 2.45) is 0 Å². The van der Waals surface area contributed by atoms with Crippen molar-refractivity contribution in [2.45, 2.75) is 32.8 Å². The number of carbonyl (C=O) groups excluding carboxylic acids is 2. The van der Waals surface area contributed by atoms with E-state index in [1.807, 2.05) is 11.9 Å². The van der Waals surface area contributed by atoms with Crippen LogP contribution in [0.5, 0.6) is 0 Å². The molecule has 0 aliphatic rings. The van der Waals surface area contributed by atoms with E-state index in [2.05, 4.69) is 96.3 Å². The molecule has 36 heavy (non-hydrogen) atoms. The Labute approximate surface area is 226 Å². The molecule has 5 nitrogen and oxygen atoms in total. The summed E-state index contributed by atoms with van der Waals surface area (Å²) in [4.78, 5) is 26.2. The molecule has 0 radical (unpaired) electrons. The van der Waals surface area contributed by atoms with E-state index in [-0.39, 0.29) is 29.4 Å². The maximum atomic E-state index is 12.3. The highest BCUT2D eigenvalue weighted by molar-refractivity contribution is 7.95. The number of hydrogen-bond acceptors (Lipinski definition) is 4. The third kappa shape index (κ3) is 8.26. The number of imide groups is 1. The first-order valence-corrected chi connectivity index (χ1v) is 13.9. The molecule has 0 fully saturated rings. The summed E-state index contributed by atoms with van der Waals surface area (Å²) in [6, 6.07) is 32.3. The second-order valence-corrected chi connectivity index (χ2v) is 13.3. The molecule has 3 aromatic rings. The second-order valence-electron chi connectivity index (χ2n) is 9.68. The average molecular weight is 571 g/mol. The Hall–Kier alpha value is -2.53. The van der Waals surface area contributed by atoms with Gasteiger partial charge >= 0.3 is 6.09 Å². The van der Waals surface area contributed by atoms with Crippen LogP contribution in [0.15, 0.2) is 91.0 Å². The second kappa shape index (κ2) is 13.7. The molecule has 3 aromatic carbocycles. The maximum absolute atomic E-state index is 12.3. The molecule has 0 aliphatic heterocycles. The van der Waals surface area contributed by atoms with E-state index in [1.165, 1.54) is 15.9 Å². The first-order chi connectivity index (χ1) is 16.7. The van der Waals surface area contributed by atoms with Crippen LogP contribution in [0.1, 0.15) is 27.2 Å². The number of nitrogens with zero attached hydrogens (tertiary/aromatic N) is 1. The van der Waals surface area contributed by atoms with Gasteiger partial charge in [-0.15, -0.1) is 0 Å². The lowest BCUT2D eigenvalue weighted by atomic mass is 10.2. The van der Waals surface area contributed by atoms with Crippen molar-refractivity contribution < 1.29 is 31.3 Å². The number of hydrogen-bond donors (Lipinski definition) is 1.